The van der Waals surface area contributed by atoms with E-state index in [9.17, 15) is 18.0 Å². The number of hydrogen-bond donors (Lipinski definition) is 1. The number of fused-ring (bicyclic) bond motifs is 1. The second-order valence-electron chi connectivity index (χ2n) is 9.13. The van der Waals surface area contributed by atoms with E-state index >= 15 is 0 Å². The van der Waals surface area contributed by atoms with Crippen molar-refractivity contribution in [3.63, 3.8) is 0 Å². The number of hydrogen-bond acceptors (Lipinski definition) is 4. The van der Waals surface area contributed by atoms with Gasteiger partial charge in [-0.2, -0.15) is 23.4 Å². The number of likely N-dealkylation sites (tertiary alicyclic amines) is 1. The van der Waals surface area contributed by atoms with Gasteiger partial charge in [0.25, 0.3) is 5.91 Å². The van der Waals surface area contributed by atoms with Crippen LogP contribution in [0.15, 0.2) is 18.2 Å². The highest BCUT2D eigenvalue weighted by Gasteiger charge is 2.36. The molecule has 166 valence electrons. The molecule has 0 bridgehead atoms. The molecule has 1 aliphatic heterocycles. The van der Waals surface area contributed by atoms with Crippen molar-refractivity contribution in [3.8, 4) is 0 Å². The molecule has 1 fully saturated rings. The maximum Gasteiger partial charge on any atom is 0.433 e. The molecule has 10 heteroatoms. The van der Waals surface area contributed by atoms with Gasteiger partial charge in [0.15, 0.2) is 5.65 Å². The van der Waals surface area contributed by atoms with E-state index in [1.54, 1.807) is 17.0 Å². The molecule has 1 N–H and O–H groups in total. The molecule has 31 heavy (non-hydrogen) atoms. The van der Waals surface area contributed by atoms with Crippen LogP contribution in [0, 0.1) is 6.92 Å². The van der Waals surface area contributed by atoms with Gasteiger partial charge in [-0.25, -0.2) is 9.50 Å². The summed E-state index contributed by atoms with van der Waals surface area (Å²) in [6.45, 7) is 8.56. The number of alkyl halides is 3. The minimum atomic E-state index is -4.53. The van der Waals surface area contributed by atoms with E-state index in [1.165, 1.54) is 6.92 Å². The lowest BCUT2D eigenvalue weighted by molar-refractivity contribution is -0.142. The number of piperidine rings is 1. The first kappa shape index (κ1) is 21.3. The second-order valence-corrected chi connectivity index (χ2v) is 9.13. The number of rotatable bonds is 2. The molecule has 1 amide bonds. The van der Waals surface area contributed by atoms with Gasteiger partial charge in [-0.05, 0) is 31.9 Å². The van der Waals surface area contributed by atoms with E-state index in [0.29, 0.717) is 24.5 Å². The van der Waals surface area contributed by atoms with Crippen molar-refractivity contribution >= 4 is 11.6 Å². The Bertz CT molecular complexity index is 1120. The second kappa shape index (κ2) is 7.35. The average molecular weight is 434 g/mol. The Morgan fingerprint density at radius 1 is 1.19 bits per heavy atom. The fourth-order valence-electron chi connectivity index (χ4n) is 3.90. The third-order valence-corrected chi connectivity index (χ3v) is 5.60. The van der Waals surface area contributed by atoms with Crippen LogP contribution in [0.4, 0.5) is 13.2 Å². The lowest BCUT2D eigenvalue weighted by atomic mass is 9.92. The Balaban J connectivity index is 1.59. The Hall–Kier alpha value is -2.91. The zero-order valence-electron chi connectivity index (χ0n) is 17.9. The third kappa shape index (κ3) is 4.15. The summed E-state index contributed by atoms with van der Waals surface area (Å²) in [6.07, 6.45) is -3.06. The molecule has 0 spiro atoms. The lowest BCUT2D eigenvalue weighted by Crippen LogP contribution is -2.39. The molecule has 3 aromatic rings. The third-order valence-electron chi connectivity index (χ3n) is 5.60. The minimum Gasteiger partial charge on any atom is -0.337 e. The Morgan fingerprint density at radius 2 is 1.94 bits per heavy atom. The summed E-state index contributed by atoms with van der Waals surface area (Å²) in [5.74, 6) is -0.355. The molecule has 1 atom stereocenters. The summed E-state index contributed by atoms with van der Waals surface area (Å²) in [4.78, 5) is 18.9. The maximum absolute atomic E-state index is 13.4. The molecule has 0 aliphatic carbocycles. The number of nitrogens with one attached hydrogen (secondary N) is 1. The van der Waals surface area contributed by atoms with Crippen LogP contribution >= 0.6 is 0 Å². The molecule has 0 aromatic carbocycles. The molecular weight excluding hydrogens is 409 g/mol. The van der Waals surface area contributed by atoms with Crippen molar-refractivity contribution in [1.82, 2.24) is 29.7 Å². The number of amides is 1. The molecule has 3 aromatic heterocycles. The number of aryl methyl sites for hydroxylation is 1. The summed E-state index contributed by atoms with van der Waals surface area (Å²) in [5, 5.41) is 11.3. The molecule has 1 saturated heterocycles. The van der Waals surface area contributed by atoms with E-state index in [0.717, 1.165) is 29.1 Å². The van der Waals surface area contributed by atoms with Gasteiger partial charge in [-0.15, -0.1) is 0 Å². The smallest absolute Gasteiger partial charge is 0.337 e. The van der Waals surface area contributed by atoms with E-state index in [2.05, 4.69) is 20.3 Å². The van der Waals surface area contributed by atoms with Gasteiger partial charge >= 0.3 is 6.18 Å². The average Bonchev–Trinajstić information content (AvgIpc) is 3.33. The van der Waals surface area contributed by atoms with Crippen LogP contribution in [-0.2, 0) is 11.6 Å². The Kier molecular flexibility index (Phi) is 5.06. The topological polar surface area (TPSA) is 79.2 Å². The predicted octanol–water partition coefficient (Wildman–Crippen LogP) is 4.10. The molecule has 0 radical (unpaired) electrons. The molecule has 1 unspecified atom stereocenters. The van der Waals surface area contributed by atoms with Gasteiger partial charge in [-0.1, -0.05) is 20.8 Å². The van der Waals surface area contributed by atoms with Crippen LogP contribution < -0.4 is 0 Å². The first-order chi connectivity index (χ1) is 14.4. The SMILES string of the molecule is Cc1cc(C(F)(F)F)n2nc(C3CCCN(C(=O)c4cc(C(C)(C)C)[nH]n4)C3)cc2n1. The van der Waals surface area contributed by atoms with E-state index in [4.69, 9.17) is 0 Å². The number of aromatic amines is 1. The fraction of sp³-hybridized carbons (Fsp3) is 0.524. The number of aromatic nitrogens is 5. The van der Waals surface area contributed by atoms with Crippen LogP contribution in [0.3, 0.4) is 0 Å². The zero-order chi connectivity index (χ0) is 22.6. The first-order valence-electron chi connectivity index (χ1n) is 10.2. The quantitative estimate of drug-likeness (QED) is 0.659. The number of nitrogens with zero attached hydrogens (tertiary/aromatic N) is 5. The highest BCUT2D eigenvalue weighted by Crippen LogP contribution is 2.32. The van der Waals surface area contributed by atoms with Crippen LogP contribution in [0.5, 0.6) is 0 Å². The molecule has 7 nitrogen and oxygen atoms in total. The molecule has 4 heterocycles. The number of halogens is 3. The van der Waals surface area contributed by atoms with Crippen molar-refractivity contribution in [3.05, 3.63) is 46.7 Å². The van der Waals surface area contributed by atoms with E-state index in [1.807, 2.05) is 20.8 Å². The summed E-state index contributed by atoms with van der Waals surface area (Å²) < 4.78 is 41.2. The molecule has 1 aliphatic rings. The predicted molar refractivity (Wildman–Crippen MR) is 108 cm³/mol. The van der Waals surface area contributed by atoms with Gasteiger partial charge in [0, 0.05) is 41.9 Å². The maximum atomic E-state index is 13.4. The van der Waals surface area contributed by atoms with E-state index < -0.39 is 11.9 Å². The van der Waals surface area contributed by atoms with Crippen LogP contribution in [0.2, 0.25) is 0 Å². The summed E-state index contributed by atoms with van der Waals surface area (Å²) in [5.41, 5.74) is 1.15. The number of carbonyl (C=O) groups excluding carboxylic acids is 1. The van der Waals surface area contributed by atoms with Crippen LogP contribution in [0.1, 0.15) is 72.8 Å². The van der Waals surface area contributed by atoms with Crippen molar-refractivity contribution < 1.29 is 18.0 Å². The monoisotopic (exact) mass is 434 g/mol. The Labute approximate surface area is 177 Å². The van der Waals surface area contributed by atoms with Gasteiger partial charge in [0.05, 0.1) is 5.69 Å². The highest BCUT2D eigenvalue weighted by atomic mass is 19.4. The van der Waals surface area contributed by atoms with Crippen molar-refractivity contribution in [2.45, 2.75) is 58.0 Å². The van der Waals surface area contributed by atoms with Gasteiger partial charge < -0.3 is 4.90 Å². The van der Waals surface area contributed by atoms with Crippen LogP contribution in [0.25, 0.3) is 5.65 Å². The highest BCUT2D eigenvalue weighted by molar-refractivity contribution is 5.92. The lowest BCUT2D eigenvalue weighted by Gasteiger charge is -2.31. The van der Waals surface area contributed by atoms with Gasteiger partial charge in [0.1, 0.15) is 11.4 Å². The summed E-state index contributed by atoms with van der Waals surface area (Å²) in [7, 11) is 0. The van der Waals surface area contributed by atoms with Gasteiger partial charge in [-0.3, -0.25) is 9.89 Å². The standard InChI is InChI=1S/C21H25F3N6O/c1-12-8-17(21(22,23)24)30-18(25-12)10-14(28-30)13-6-5-7-29(11-13)19(31)15-9-16(27-26-15)20(2,3)4/h8-10,13H,5-7,11H2,1-4H3,(H,26,27). The zero-order valence-corrected chi connectivity index (χ0v) is 17.9. The molecule has 0 saturated carbocycles. The van der Waals surface area contributed by atoms with Crippen molar-refractivity contribution in [2.24, 2.45) is 0 Å². The molecule has 4 rings (SSSR count). The first-order valence-corrected chi connectivity index (χ1v) is 10.2. The number of H-pyrrole nitrogens is 1. The largest absolute Gasteiger partial charge is 0.433 e. The van der Waals surface area contributed by atoms with Gasteiger partial charge in [0.2, 0.25) is 0 Å². The molecular formula is C21H25F3N6O. The summed E-state index contributed by atoms with van der Waals surface area (Å²) >= 11 is 0. The Morgan fingerprint density at radius 3 is 2.58 bits per heavy atom. The normalized spacial score (nSPS) is 18.0. The fourth-order valence-corrected chi connectivity index (χ4v) is 3.90. The van der Waals surface area contributed by atoms with E-state index in [-0.39, 0.29) is 28.6 Å². The minimum absolute atomic E-state index is 0.159. The number of carbonyl (C=O) groups is 1. The van der Waals surface area contributed by atoms with Crippen molar-refractivity contribution in [1.29, 1.82) is 0 Å². The summed E-state index contributed by atoms with van der Waals surface area (Å²) in [6, 6.07) is 4.34. The van der Waals surface area contributed by atoms with Crippen molar-refractivity contribution in [2.75, 3.05) is 13.1 Å². The van der Waals surface area contributed by atoms with Crippen LogP contribution in [-0.4, -0.2) is 48.7 Å².